The van der Waals surface area contributed by atoms with E-state index in [1.807, 2.05) is 0 Å². The molecule has 0 fully saturated rings. The number of aryl methyl sites for hydroxylation is 1. The summed E-state index contributed by atoms with van der Waals surface area (Å²) in [5.74, 6) is 0.179. The minimum absolute atomic E-state index is 0.0398. The number of hydrogen-bond acceptors (Lipinski definition) is 5. The summed E-state index contributed by atoms with van der Waals surface area (Å²) in [7, 11) is 3.34. The summed E-state index contributed by atoms with van der Waals surface area (Å²) in [6.07, 6.45) is 3.25. The van der Waals surface area contributed by atoms with E-state index in [9.17, 15) is 4.79 Å². The van der Waals surface area contributed by atoms with Crippen LogP contribution in [-0.2, 0) is 11.9 Å². The smallest absolute Gasteiger partial charge is 0.277 e. The molecule has 0 saturated carbocycles. The van der Waals surface area contributed by atoms with Crippen LogP contribution >= 0.6 is 0 Å². The number of ether oxygens (including phenoxy) is 1. The monoisotopic (exact) mass is 265 g/mol. The number of nitrogens with one attached hydrogen (secondary N) is 1. The highest BCUT2D eigenvalue weighted by Gasteiger charge is 2.15. The largest absolute Gasteiger partial charge is 0.495 e. The van der Waals surface area contributed by atoms with Crippen LogP contribution in [0.15, 0.2) is 18.5 Å². The zero-order valence-corrected chi connectivity index (χ0v) is 10.7. The van der Waals surface area contributed by atoms with Crippen molar-refractivity contribution in [2.45, 2.75) is 0 Å². The lowest BCUT2D eigenvalue weighted by molar-refractivity contribution is 0.0169. The van der Waals surface area contributed by atoms with Gasteiger partial charge in [-0.15, -0.1) is 0 Å². The van der Waals surface area contributed by atoms with Gasteiger partial charge in [-0.25, -0.2) is 10.5 Å². The van der Waals surface area contributed by atoms with Crippen molar-refractivity contribution in [1.82, 2.24) is 15.0 Å². The molecule has 0 unspecified atom stereocenters. The first-order chi connectivity index (χ1) is 9.17. The van der Waals surface area contributed by atoms with Gasteiger partial charge < -0.3 is 14.4 Å². The fraction of sp³-hybridized carbons (Fsp3) is 0.333. The average molecular weight is 265 g/mol. The summed E-state index contributed by atoms with van der Waals surface area (Å²) < 4.78 is 6.84. The summed E-state index contributed by atoms with van der Waals surface area (Å²) in [6, 6.07) is 1.74. The third kappa shape index (κ3) is 2.67. The van der Waals surface area contributed by atoms with Crippen LogP contribution in [0.4, 0.5) is 0 Å². The van der Waals surface area contributed by atoms with Gasteiger partial charge in [0.25, 0.3) is 5.91 Å². The number of amides is 1. The number of rotatable bonds is 5. The maximum Gasteiger partial charge on any atom is 0.277 e. The van der Waals surface area contributed by atoms with Gasteiger partial charge in [-0.1, -0.05) is 0 Å². The van der Waals surface area contributed by atoms with Crippen molar-refractivity contribution in [1.29, 1.82) is 0 Å². The molecule has 0 atom stereocenters. The van der Waals surface area contributed by atoms with Crippen molar-refractivity contribution in [2.24, 2.45) is 7.05 Å². The molecule has 102 valence electrons. The normalized spacial score (nSPS) is 10.7. The number of carbonyl (C=O) groups excluding carboxylic acids is 1. The summed E-state index contributed by atoms with van der Waals surface area (Å²) in [5, 5.41) is 9.26. The second-order valence-electron chi connectivity index (χ2n) is 3.90. The number of methoxy groups -OCH3 is 1. The summed E-state index contributed by atoms with van der Waals surface area (Å²) in [5.41, 5.74) is 3.37. The first kappa shape index (κ1) is 13.3. The van der Waals surface area contributed by atoms with E-state index >= 15 is 0 Å². The molecule has 0 spiro atoms. The number of carbonyl (C=O) groups is 1. The number of aromatic nitrogens is 2. The molecule has 0 aliphatic heterocycles. The van der Waals surface area contributed by atoms with Gasteiger partial charge in [0.2, 0.25) is 0 Å². The minimum Gasteiger partial charge on any atom is -0.495 e. The first-order valence-electron chi connectivity index (χ1n) is 5.69. The van der Waals surface area contributed by atoms with Crippen LogP contribution in [0.1, 0.15) is 10.4 Å². The van der Waals surface area contributed by atoms with Crippen molar-refractivity contribution in [3.8, 4) is 5.75 Å². The maximum absolute atomic E-state index is 11.9. The number of aliphatic hydroxyl groups is 1. The number of fused-ring (bicyclic) bond motifs is 1. The van der Waals surface area contributed by atoms with Crippen LogP contribution in [0, 0.1) is 0 Å². The number of nitrogens with zero attached hydrogens (tertiary/aromatic N) is 2. The molecule has 0 saturated heterocycles. The summed E-state index contributed by atoms with van der Waals surface area (Å²) >= 11 is 0. The van der Waals surface area contributed by atoms with E-state index in [1.165, 1.54) is 7.11 Å². The molecule has 0 radical (unpaired) electrons. The predicted octanol–water partition coefficient (Wildman–Crippen LogP) is 0.236. The molecule has 0 bridgehead atoms. The van der Waals surface area contributed by atoms with E-state index < -0.39 is 5.91 Å². The maximum atomic E-state index is 11.9. The molecule has 2 N–H and O–H groups in total. The van der Waals surface area contributed by atoms with E-state index in [0.717, 1.165) is 0 Å². The van der Waals surface area contributed by atoms with Crippen molar-refractivity contribution in [3.63, 3.8) is 0 Å². The number of hydroxylamine groups is 1. The lowest BCUT2D eigenvalue weighted by atomic mass is 10.2. The Morgan fingerprint density at radius 2 is 2.37 bits per heavy atom. The minimum atomic E-state index is -0.394. The quantitative estimate of drug-likeness (QED) is 0.597. The number of hydrogen-bond donors (Lipinski definition) is 2. The highest BCUT2D eigenvalue weighted by atomic mass is 16.7. The van der Waals surface area contributed by atoms with Gasteiger partial charge in [0.05, 0.1) is 32.1 Å². The molecule has 7 nitrogen and oxygen atoms in total. The Hall–Kier alpha value is -2.12. The van der Waals surface area contributed by atoms with Gasteiger partial charge in [-0.3, -0.25) is 9.63 Å². The second kappa shape index (κ2) is 5.68. The van der Waals surface area contributed by atoms with Crippen molar-refractivity contribution < 1.29 is 19.5 Å². The fourth-order valence-electron chi connectivity index (χ4n) is 1.75. The molecule has 19 heavy (non-hydrogen) atoms. The van der Waals surface area contributed by atoms with Crippen LogP contribution in [0.5, 0.6) is 5.75 Å². The highest BCUT2D eigenvalue weighted by molar-refractivity contribution is 6.06. The molecule has 2 aromatic rings. The predicted molar refractivity (Wildman–Crippen MR) is 67.8 cm³/mol. The van der Waals surface area contributed by atoms with E-state index in [4.69, 9.17) is 14.7 Å². The SMILES string of the molecule is COc1cnc2c(c1)c(C(=O)NOCCO)cn2C. The van der Waals surface area contributed by atoms with Gasteiger partial charge in [0.15, 0.2) is 0 Å². The van der Waals surface area contributed by atoms with E-state index in [2.05, 4.69) is 10.5 Å². The van der Waals surface area contributed by atoms with Crippen LogP contribution in [-0.4, -0.2) is 40.9 Å². The highest BCUT2D eigenvalue weighted by Crippen LogP contribution is 2.23. The standard InChI is InChI=1S/C12H15N3O4/c1-15-7-10(12(17)14-19-4-3-16)9-5-8(18-2)6-13-11(9)15/h5-7,16H,3-4H2,1-2H3,(H,14,17). The number of pyridine rings is 1. The molecule has 0 aromatic carbocycles. The third-order valence-corrected chi connectivity index (χ3v) is 2.63. The van der Waals surface area contributed by atoms with Gasteiger partial charge in [0, 0.05) is 18.6 Å². The molecule has 0 aliphatic rings. The van der Waals surface area contributed by atoms with E-state index in [-0.39, 0.29) is 13.2 Å². The van der Waals surface area contributed by atoms with Crippen molar-refractivity contribution >= 4 is 16.9 Å². The topological polar surface area (TPSA) is 85.6 Å². The lowest BCUT2D eigenvalue weighted by Gasteiger charge is -2.03. The Morgan fingerprint density at radius 3 is 3.05 bits per heavy atom. The Bertz CT molecular complexity index is 594. The Kier molecular flexibility index (Phi) is 3.98. The zero-order valence-electron chi connectivity index (χ0n) is 10.7. The summed E-state index contributed by atoms with van der Waals surface area (Å²) in [6.45, 7) is -0.122. The van der Waals surface area contributed by atoms with Crippen molar-refractivity contribution in [3.05, 3.63) is 24.0 Å². The van der Waals surface area contributed by atoms with Crippen LogP contribution in [0.3, 0.4) is 0 Å². The lowest BCUT2D eigenvalue weighted by Crippen LogP contribution is -2.24. The van der Waals surface area contributed by atoms with Crippen LogP contribution < -0.4 is 10.2 Å². The van der Waals surface area contributed by atoms with E-state index in [1.54, 1.807) is 30.1 Å². The fourth-order valence-corrected chi connectivity index (χ4v) is 1.75. The van der Waals surface area contributed by atoms with Crippen LogP contribution in [0.25, 0.3) is 11.0 Å². The van der Waals surface area contributed by atoms with Gasteiger partial charge in [0.1, 0.15) is 11.4 Å². The zero-order chi connectivity index (χ0) is 13.8. The second-order valence-corrected chi connectivity index (χ2v) is 3.90. The molecular weight excluding hydrogens is 250 g/mol. The molecule has 2 aromatic heterocycles. The van der Waals surface area contributed by atoms with Crippen molar-refractivity contribution in [2.75, 3.05) is 20.3 Å². The molecule has 0 aliphatic carbocycles. The Morgan fingerprint density at radius 1 is 1.58 bits per heavy atom. The van der Waals surface area contributed by atoms with Gasteiger partial charge >= 0.3 is 0 Å². The molecule has 2 heterocycles. The number of aliphatic hydroxyl groups excluding tert-OH is 1. The van der Waals surface area contributed by atoms with Crippen LogP contribution in [0.2, 0.25) is 0 Å². The first-order valence-corrected chi connectivity index (χ1v) is 5.69. The van der Waals surface area contributed by atoms with E-state index in [0.29, 0.717) is 22.3 Å². The molecule has 7 heteroatoms. The average Bonchev–Trinajstić information content (AvgIpc) is 2.76. The molecule has 2 rings (SSSR count). The molecule has 1 amide bonds. The van der Waals surface area contributed by atoms with Gasteiger partial charge in [-0.05, 0) is 6.07 Å². The summed E-state index contributed by atoms with van der Waals surface area (Å²) in [4.78, 5) is 21.0. The third-order valence-electron chi connectivity index (χ3n) is 2.63. The van der Waals surface area contributed by atoms with Gasteiger partial charge in [-0.2, -0.15) is 0 Å². The Balaban J connectivity index is 2.34. The Labute approximate surface area is 109 Å². The molecular formula is C12H15N3O4.